The Kier molecular flexibility index (Phi) is 5.50. The van der Waals surface area contributed by atoms with Crippen LogP contribution in [-0.4, -0.2) is 27.2 Å². The largest absolute Gasteiger partial charge is 0.445 e. The number of aromatic nitrogens is 3. The van der Waals surface area contributed by atoms with Gasteiger partial charge in [-0.05, 0) is 11.6 Å². The third-order valence-corrected chi connectivity index (χ3v) is 3.50. The average molecular weight is 355 g/mol. The van der Waals surface area contributed by atoms with Crippen molar-refractivity contribution in [2.45, 2.75) is 13.0 Å². The molecule has 7 heteroatoms. The molecule has 6 nitrogen and oxygen atoms in total. The van der Waals surface area contributed by atoms with Gasteiger partial charge < -0.3 is 10.1 Å². The van der Waals surface area contributed by atoms with Gasteiger partial charge in [0.15, 0.2) is 5.65 Å². The molecule has 0 bridgehead atoms. The lowest BCUT2D eigenvalue weighted by Gasteiger charge is -2.05. The highest BCUT2D eigenvalue weighted by Gasteiger charge is 2.03. The number of carbonyl (C=O) groups is 1. The lowest BCUT2D eigenvalue weighted by molar-refractivity contribution is 0.140. The van der Waals surface area contributed by atoms with Gasteiger partial charge in [-0.25, -0.2) is 14.3 Å². The molecular weight excluding hydrogens is 340 g/mol. The van der Waals surface area contributed by atoms with Crippen LogP contribution >= 0.6 is 11.6 Å². The van der Waals surface area contributed by atoms with Crippen LogP contribution in [0.5, 0.6) is 0 Å². The molecule has 0 radical (unpaired) electrons. The minimum Gasteiger partial charge on any atom is -0.445 e. The van der Waals surface area contributed by atoms with Gasteiger partial charge in [0.25, 0.3) is 0 Å². The fraction of sp³-hybridized carbons (Fsp3) is 0.167. The van der Waals surface area contributed by atoms with Crippen LogP contribution in [0.1, 0.15) is 17.5 Å². The molecule has 0 saturated heterocycles. The Morgan fingerprint density at radius 1 is 1.28 bits per heavy atom. The van der Waals surface area contributed by atoms with Gasteiger partial charge in [0, 0.05) is 19.2 Å². The third-order valence-electron chi connectivity index (χ3n) is 3.29. The maximum absolute atomic E-state index is 11.6. The molecule has 0 aliphatic carbocycles. The van der Waals surface area contributed by atoms with E-state index in [9.17, 15) is 4.79 Å². The van der Waals surface area contributed by atoms with Crippen molar-refractivity contribution in [2.24, 2.45) is 0 Å². The van der Waals surface area contributed by atoms with E-state index in [4.69, 9.17) is 16.3 Å². The molecule has 0 saturated carbocycles. The molecule has 1 N–H and O–H groups in total. The number of nitrogens with one attached hydrogen (secondary N) is 1. The molecule has 25 heavy (non-hydrogen) atoms. The fourth-order valence-corrected chi connectivity index (χ4v) is 2.23. The van der Waals surface area contributed by atoms with Gasteiger partial charge in [-0.15, -0.1) is 0 Å². The number of hydrogen-bond acceptors (Lipinski definition) is 4. The van der Waals surface area contributed by atoms with E-state index >= 15 is 0 Å². The molecular formula is C18H15ClN4O2. The standard InChI is InChI=1S/C18H15ClN4O2/c19-16-9-11-23-17(22-16)15(12-21-23)8-4-5-10-20-18(24)25-13-14-6-2-1-3-7-14/h1-3,6-7,9,11-12H,5,10,13H2,(H,20,24). The van der Waals surface area contributed by atoms with Crippen LogP contribution in [0.15, 0.2) is 48.8 Å². The van der Waals surface area contributed by atoms with Crippen molar-refractivity contribution in [2.75, 3.05) is 6.54 Å². The number of hydrogen-bond donors (Lipinski definition) is 1. The van der Waals surface area contributed by atoms with E-state index in [-0.39, 0.29) is 6.61 Å². The first-order valence-electron chi connectivity index (χ1n) is 7.66. The van der Waals surface area contributed by atoms with E-state index in [1.807, 2.05) is 30.3 Å². The molecule has 0 atom stereocenters. The molecule has 0 unspecified atom stereocenters. The number of carbonyl (C=O) groups excluding carboxylic acids is 1. The van der Waals surface area contributed by atoms with Gasteiger partial charge in [-0.3, -0.25) is 0 Å². The van der Waals surface area contributed by atoms with E-state index in [2.05, 4.69) is 27.2 Å². The summed E-state index contributed by atoms with van der Waals surface area (Å²) in [6.45, 7) is 0.640. The Balaban J connectivity index is 1.44. The molecule has 2 aromatic heterocycles. The Labute approximate surface area is 149 Å². The van der Waals surface area contributed by atoms with Gasteiger partial charge in [0.1, 0.15) is 11.8 Å². The number of rotatable bonds is 4. The lowest BCUT2D eigenvalue weighted by Crippen LogP contribution is -2.24. The second-order valence-electron chi connectivity index (χ2n) is 5.12. The first kappa shape index (κ1) is 16.8. The van der Waals surface area contributed by atoms with Crippen LogP contribution < -0.4 is 5.32 Å². The smallest absolute Gasteiger partial charge is 0.407 e. The highest BCUT2D eigenvalue weighted by Crippen LogP contribution is 2.10. The number of halogens is 1. The van der Waals surface area contributed by atoms with Crippen molar-refractivity contribution in [3.8, 4) is 11.8 Å². The van der Waals surface area contributed by atoms with Crippen LogP contribution in [-0.2, 0) is 11.3 Å². The van der Waals surface area contributed by atoms with E-state index in [1.54, 1.807) is 23.0 Å². The minimum atomic E-state index is -0.463. The maximum Gasteiger partial charge on any atom is 0.407 e. The summed E-state index contributed by atoms with van der Waals surface area (Å²) < 4.78 is 6.72. The number of ether oxygens (including phenoxy) is 1. The Hall–Kier alpha value is -3.04. The summed E-state index contributed by atoms with van der Waals surface area (Å²) in [4.78, 5) is 15.8. The molecule has 3 rings (SSSR count). The summed E-state index contributed by atoms with van der Waals surface area (Å²) in [5, 5.41) is 7.19. The van der Waals surface area contributed by atoms with Crippen molar-refractivity contribution >= 4 is 23.3 Å². The minimum absolute atomic E-state index is 0.243. The molecule has 2 heterocycles. The monoisotopic (exact) mass is 354 g/mol. The first-order chi connectivity index (χ1) is 12.2. The number of amides is 1. The summed E-state index contributed by atoms with van der Waals surface area (Å²) in [5.74, 6) is 5.95. The quantitative estimate of drug-likeness (QED) is 0.444. The second-order valence-corrected chi connectivity index (χ2v) is 5.50. The highest BCUT2D eigenvalue weighted by atomic mass is 35.5. The van der Waals surface area contributed by atoms with Crippen LogP contribution in [0.25, 0.3) is 5.65 Å². The van der Waals surface area contributed by atoms with E-state index in [0.29, 0.717) is 29.3 Å². The van der Waals surface area contributed by atoms with Crippen molar-refractivity contribution in [3.63, 3.8) is 0 Å². The maximum atomic E-state index is 11.6. The molecule has 0 aliphatic rings. The highest BCUT2D eigenvalue weighted by molar-refractivity contribution is 6.29. The van der Waals surface area contributed by atoms with Gasteiger partial charge in [-0.2, -0.15) is 5.10 Å². The molecule has 0 fully saturated rings. The SMILES string of the molecule is O=C(NCCC#Cc1cnn2ccc(Cl)nc12)OCc1ccccc1. The van der Waals surface area contributed by atoms with E-state index in [0.717, 1.165) is 5.56 Å². The van der Waals surface area contributed by atoms with Crippen LogP contribution in [0.3, 0.4) is 0 Å². The molecule has 126 valence electrons. The van der Waals surface area contributed by atoms with Gasteiger partial charge in [-0.1, -0.05) is 53.8 Å². The zero-order valence-electron chi connectivity index (χ0n) is 13.3. The first-order valence-corrected chi connectivity index (χ1v) is 8.03. The zero-order chi connectivity index (χ0) is 17.5. The van der Waals surface area contributed by atoms with Gasteiger partial charge in [0.2, 0.25) is 0 Å². The molecule has 0 aliphatic heterocycles. The third kappa shape index (κ3) is 4.72. The molecule has 1 amide bonds. The summed E-state index contributed by atoms with van der Waals surface area (Å²) in [6, 6.07) is 11.2. The Morgan fingerprint density at radius 2 is 2.12 bits per heavy atom. The summed E-state index contributed by atoms with van der Waals surface area (Å²) in [6.07, 6.45) is 3.38. The van der Waals surface area contributed by atoms with E-state index in [1.165, 1.54) is 0 Å². The number of fused-ring (bicyclic) bond motifs is 1. The molecule has 1 aromatic carbocycles. The number of alkyl carbamates (subject to hydrolysis) is 1. The van der Waals surface area contributed by atoms with Crippen molar-refractivity contribution < 1.29 is 9.53 Å². The van der Waals surface area contributed by atoms with E-state index < -0.39 is 6.09 Å². The van der Waals surface area contributed by atoms with Crippen LogP contribution in [0.4, 0.5) is 4.79 Å². The second kappa shape index (κ2) is 8.18. The topological polar surface area (TPSA) is 68.5 Å². The van der Waals surface area contributed by atoms with Gasteiger partial charge >= 0.3 is 6.09 Å². The summed E-state index contributed by atoms with van der Waals surface area (Å²) in [7, 11) is 0. The molecule has 0 spiro atoms. The fourth-order valence-electron chi connectivity index (χ4n) is 2.09. The van der Waals surface area contributed by atoms with Crippen LogP contribution in [0.2, 0.25) is 5.15 Å². The molecule has 3 aromatic rings. The predicted octanol–water partition coefficient (Wildman–Crippen LogP) is 3.05. The van der Waals surface area contributed by atoms with Crippen LogP contribution in [0, 0.1) is 11.8 Å². The zero-order valence-corrected chi connectivity index (χ0v) is 14.0. The Bertz CT molecular complexity index is 928. The Morgan fingerprint density at radius 3 is 2.96 bits per heavy atom. The normalized spacial score (nSPS) is 10.1. The van der Waals surface area contributed by atoms with Crippen molar-refractivity contribution in [3.05, 3.63) is 65.1 Å². The summed E-state index contributed by atoms with van der Waals surface area (Å²) >= 11 is 5.88. The van der Waals surface area contributed by atoms with Crippen molar-refractivity contribution in [1.82, 2.24) is 19.9 Å². The van der Waals surface area contributed by atoms with Gasteiger partial charge in [0.05, 0.1) is 11.8 Å². The number of benzene rings is 1. The predicted molar refractivity (Wildman–Crippen MR) is 94.1 cm³/mol. The average Bonchev–Trinajstić information content (AvgIpc) is 3.03. The lowest BCUT2D eigenvalue weighted by atomic mass is 10.2. The number of nitrogens with zero attached hydrogens (tertiary/aromatic N) is 3. The summed E-state index contributed by atoms with van der Waals surface area (Å²) in [5.41, 5.74) is 2.24. The van der Waals surface area contributed by atoms with Crippen molar-refractivity contribution in [1.29, 1.82) is 0 Å².